The fourth-order valence-electron chi connectivity index (χ4n) is 5.72. The van der Waals surface area contributed by atoms with Gasteiger partial charge >= 0.3 is 0 Å². The van der Waals surface area contributed by atoms with Crippen LogP contribution >= 0.6 is 7.14 Å². The highest BCUT2D eigenvalue weighted by Gasteiger charge is 2.30. The smallest absolute Gasteiger partial charge is 0.115 e. The maximum atomic E-state index is 9.98. The van der Waals surface area contributed by atoms with Gasteiger partial charge in [0.1, 0.15) is 5.75 Å². The molecule has 3 radical (unpaired) electrons. The fourth-order valence-corrected chi connectivity index (χ4v) is 8.71. The molecule has 0 bridgehead atoms. The molecule has 0 saturated heterocycles. The second-order valence-electron chi connectivity index (χ2n) is 9.14. The molecule has 163 valence electrons. The van der Waals surface area contributed by atoms with Crippen LogP contribution < -0.4 is 15.9 Å². The van der Waals surface area contributed by atoms with Crippen molar-refractivity contribution in [3.63, 3.8) is 0 Å². The summed E-state index contributed by atoms with van der Waals surface area (Å²) >= 11 is 0. The van der Waals surface area contributed by atoms with E-state index in [1.54, 1.807) is 12.1 Å². The first-order chi connectivity index (χ1) is 17.2. The Morgan fingerprint density at radius 3 is 1.69 bits per heavy atom. The van der Waals surface area contributed by atoms with E-state index in [4.69, 9.17) is 7.57 Å². The van der Waals surface area contributed by atoms with Crippen molar-refractivity contribution in [2.45, 2.75) is 0 Å². The molecule has 7 rings (SSSR count). The van der Waals surface area contributed by atoms with E-state index in [2.05, 4.69) is 91.0 Å². The maximum Gasteiger partial charge on any atom is 0.115 e. The zero-order valence-electron chi connectivity index (χ0n) is 19.0. The summed E-state index contributed by atoms with van der Waals surface area (Å²) in [7, 11) is 5.07. The maximum absolute atomic E-state index is 9.98. The highest BCUT2D eigenvalue weighted by Crippen LogP contribution is 2.53. The second-order valence-corrected chi connectivity index (χ2v) is 12.1. The van der Waals surface area contributed by atoms with Gasteiger partial charge in [0.2, 0.25) is 0 Å². The lowest BCUT2D eigenvalue weighted by molar-refractivity contribution is 0.475. The van der Waals surface area contributed by atoms with E-state index in [0.29, 0.717) is 0 Å². The highest BCUT2D eigenvalue weighted by molar-refractivity contribution is 8.13. The molecule has 0 aliphatic rings. The van der Waals surface area contributed by atoms with Crippen molar-refractivity contribution in [2.24, 2.45) is 0 Å². The Balaban J connectivity index is 1.65. The molecule has 35 heavy (non-hydrogen) atoms. The SMILES string of the molecule is [B-][P+](c1ccccc1)(c1ccc(O)cc1)c1ccc2c3cccc4cccc(c5cccc1c52)c43. The number of hydrogen-bond acceptors (Lipinski definition) is 1. The topological polar surface area (TPSA) is 20.2 Å². The second kappa shape index (κ2) is 7.57. The Labute approximate surface area is 205 Å². The summed E-state index contributed by atoms with van der Waals surface area (Å²) < 4.78 is 0. The lowest BCUT2D eigenvalue weighted by Crippen LogP contribution is -2.31. The molecular formula is C32H21BOP. The molecule has 0 aliphatic heterocycles. The van der Waals surface area contributed by atoms with Crippen LogP contribution in [0.4, 0.5) is 0 Å². The fraction of sp³-hybridized carbons (Fsp3) is 0. The minimum atomic E-state index is -2.47. The minimum Gasteiger partial charge on any atom is -0.508 e. The third kappa shape index (κ3) is 2.87. The molecule has 0 aromatic heterocycles. The Bertz CT molecular complexity index is 1810. The van der Waals surface area contributed by atoms with Crippen molar-refractivity contribution < 1.29 is 5.11 Å². The standard InChI is InChI=1S/C32H20BOP/c33-35(23-9-2-1-3-10-23,24-17-15-22(34)16-18-24)30-20-19-28-26-12-5-8-21-7-4-11-25(31(21)26)27-13-6-14-29(30)32(27)28/h1-20H/q-1/p+1. The number of hydrogen-bond donors (Lipinski definition) is 1. The van der Waals surface area contributed by atoms with Crippen molar-refractivity contribution in [2.75, 3.05) is 0 Å². The number of fused-ring (bicyclic) bond motifs is 2. The number of benzene rings is 7. The molecule has 1 unspecified atom stereocenters. The van der Waals surface area contributed by atoms with Gasteiger partial charge in [0, 0.05) is 10.8 Å². The van der Waals surface area contributed by atoms with Crippen molar-refractivity contribution >= 4 is 73.7 Å². The van der Waals surface area contributed by atoms with E-state index in [-0.39, 0.29) is 5.75 Å². The lowest BCUT2D eigenvalue weighted by atomic mass is 9.90. The first-order valence-corrected chi connectivity index (χ1v) is 13.6. The normalized spacial score (nSPS) is 13.6. The molecule has 0 saturated carbocycles. The van der Waals surface area contributed by atoms with Crippen molar-refractivity contribution in [3.05, 3.63) is 121 Å². The Morgan fingerprint density at radius 2 is 1.00 bits per heavy atom. The third-order valence-electron chi connectivity index (χ3n) is 7.30. The molecule has 7 aromatic carbocycles. The van der Waals surface area contributed by atoms with Gasteiger partial charge in [0.05, 0.1) is 15.9 Å². The summed E-state index contributed by atoms with van der Waals surface area (Å²) in [6.45, 7) is 0. The first kappa shape index (κ1) is 20.5. The molecule has 0 aliphatic carbocycles. The molecule has 0 amide bonds. The van der Waals surface area contributed by atoms with E-state index in [0.717, 1.165) is 15.9 Å². The Hall–Kier alpha value is -3.87. The quantitative estimate of drug-likeness (QED) is 0.132. The van der Waals surface area contributed by atoms with Gasteiger partial charge < -0.3 is 5.11 Å². The van der Waals surface area contributed by atoms with E-state index in [1.807, 2.05) is 18.2 Å². The van der Waals surface area contributed by atoms with Gasteiger partial charge in [-0.3, -0.25) is 7.57 Å². The zero-order valence-corrected chi connectivity index (χ0v) is 19.9. The molecule has 1 nitrogen and oxygen atoms in total. The molecule has 0 heterocycles. The predicted octanol–water partition coefficient (Wildman–Crippen LogP) is 6.82. The van der Waals surface area contributed by atoms with Crippen LogP contribution in [0.2, 0.25) is 0 Å². The van der Waals surface area contributed by atoms with Crippen LogP contribution in [0.3, 0.4) is 0 Å². The number of rotatable bonds is 3. The van der Waals surface area contributed by atoms with Crippen LogP contribution in [0.15, 0.2) is 121 Å². The largest absolute Gasteiger partial charge is 0.508 e. The molecule has 7 aromatic rings. The molecule has 1 N–H and O–H groups in total. The Kier molecular flexibility index (Phi) is 4.43. The van der Waals surface area contributed by atoms with Crippen LogP contribution in [0.25, 0.3) is 43.1 Å². The van der Waals surface area contributed by atoms with Gasteiger partial charge in [-0.25, -0.2) is 0 Å². The summed E-state index contributed by atoms with van der Waals surface area (Å²) in [6, 6.07) is 42.1. The first-order valence-electron chi connectivity index (χ1n) is 11.8. The zero-order chi connectivity index (χ0) is 23.6. The van der Waals surface area contributed by atoms with Crippen molar-refractivity contribution in [3.8, 4) is 5.75 Å². The monoisotopic (exact) mass is 463 g/mol. The Morgan fingerprint density at radius 1 is 0.457 bits per heavy atom. The molecule has 1 atom stereocenters. The lowest BCUT2D eigenvalue weighted by Gasteiger charge is -2.38. The van der Waals surface area contributed by atoms with Crippen molar-refractivity contribution in [1.82, 2.24) is 0 Å². The summed E-state index contributed by atoms with van der Waals surface area (Å²) in [5.74, 6) is 0.245. The highest BCUT2D eigenvalue weighted by atomic mass is 31.2. The van der Waals surface area contributed by atoms with Crippen LogP contribution in [0.5, 0.6) is 5.75 Å². The number of aromatic hydroxyl groups is 1. The van der Waals surface area contributed by atoms with Gasteiger partial charge in [0.25, 0.3) is 0 Å². The van der Waals surface area contributed by atoms with E-state index in [9.17, 15) is 5.11 Å². The van der Waals surface area contributed by atoms with Crippen molar-refractivity contribution in [1.29, 1.82) is 0 Å². The van der Waals surface area contributed by atoms with E-state index < -0.39 is 7.14 Å². The number of phenols is 1. The summed E-state index contributed by atoms with van der Waals surface area (Å²) in [4.78, 5) is 0. The van der Waals surface area contributed by atoms with Crippen LogP contribution in [0, 0.1) is 0 Å². The van der Waals surface area contributed by atoms with Crippen LogP contribution in [-0.4, -0.2) is 12.7 Å². The summed E-state index contributed by atoms with van der Waals surface area (Å²) in [5, 5.41) is 23.4. The average Bonchev–Trinajstić information content (AvgIpc) is 2.92. The van der Waals surface area contributed by atoms with Gasteiger partial charge in [-0.2, -0.15) is 0 Å². The van der Waals surface area contributed by atoms with E-state index >= 15 is 0 Å². The van der Waals surface area contributed by atoms with E-state index in [1.165, 1.54) is 43.1 Å². The molecule has 0 fully saturated rings. The predicted molar refractivity (Wildman–Crippen MR) is 154 cm³/mol. The number of phenolic OH excluding ortho intramolecular Hbond substituents is 1. The molecule has 3 heteroatoms. The molecule has 0 spiro atoms. The average molecular weight is 463 g/mol. The summed E-state index contributed by atoms with van der Waals surface area (Å²) in [6.07, 6.45) is 0. The van der Waals surface area contributed by atoms with Crippen LogP contribution in [-0.2, 0) is 0 Å². The van der Waals surface area contributed by atoms with Gasteiger partial charge in [-0.05, 0) is 80.8 Å². The van der Waals surface area contributed by atoms with Gasteiger partial charge in [-0.1, -0.05) is 72.8 Å². The minimum absolute atomic E-state index is 0.245. The van der Waals surface area contributed by atoms with Gasteiger partial charge in [-0.15, -0.1) is 7.14 Å². The third-order valence-corrected chi connectivity index (χ3v) is 10.7. The van der Waals surface area contributed by atoms with Gasteiger partial charge in [0.15, 0.2) is 0 Å². The molecular weight excluding hydrogens is 442 g/mol. The van der Waals surface area contributed by atoms with Crippen LogP contribution in [0.1, 0.15) is 0 Å². The summed E-state index contributed by atoms with van der Waals surface area (Å²) in [5.41, 5.74) is 0.